The van der Waals surface area contributed by atoms with Crippen molar-refractivity contribution in [3.63, 3.8) is 0 Å². The van der Waals surface area contributed by atoms with Crippen LogP contribution in [0.15, 0.2) is 206 Å². The molecule has 0 unspecified atom stereocenters. The topological polar surface area (TPSA) is 35.6 Å². The average molecular weight is 739 g/mol. The molecule has 0 fully saturated rings. The normalized spacial score (nSPS) is 11.8. The highest BCUT2D eigenvalue weighted by atomic mass is 15.0. The predicted octanol–water partition coefficient (Wildman–Crippen LogP) is 14.0. The molecule has 4 heteroatoms. The van der Waals surface area contributed by atoms with E-state index in [0.29, 0.717) is 5.82 Å². The molecule has 12 aromatic rings. The fourth-order valence-corrected chi connectivity index (χ4v) is 9.06. The molecule has 12 rings (SSSR count). The van der Waals surface area contributed by atoms with Crippen LogP contribution in [0.4, 0.5) is 0 Å². The Kier molecular flexibility index (Phi) is 7.20. The minimum absolute atomic E-state index is 0.703. The summed E-state index contributed by atoms with van der Waals surface area (Å²) in [5, 5.41) is 9.75. The van der Waals surface area contributed by atoms with Gasteiger partial charge in [-0.1, -0.05) is 152 Å². The van der Waals surface area contributed by atoms with Gasteiger partial charge in [0, 0.05) is 49.3 Å². The summed E-state index contributed by atoms with van der Waals surface area (Å²) in [7, 11) is 0. The van der Waals surface area contributed by atoms with Crippen LogP contribution >= 0.6 is 0 Å². The molecule has 0 aliphatic carbocycles. The minimum atomic E-state index is 0.703. The van der Waals surface area contributed by atoms with E-state index in [4.69, 9.17) is 9.97 Å². The smallest absolute Gasteiger partial charge is 0.160 e. The molecule has 0 saturated carbocycles. The maximum absolute atomic E-state index is 5.26. The van der Waals surface area contributed by atoms with Gasteiger partial charge in [0.2, 0.25) is 0 Å². The molecule has 270 valence electrons. The molecule has 0 atom stereocenters. The lowest BCUT2D eigenvalue weighted by Gasteiger charge is -2.15. The van der Waals surface area contributed by atoms with Crippen molar-refractivity contribution in [3.8, 4) is 45.3 Å². The molecule has 0 radical (unpaired) electrons. The fourth-order valence-electron chi connectivity index (χ4n) is 9.06. The van der Waals surface area contributed by atoms with Crippen LogP contribution in [-0.2, 0) is 0 Å². The van der Waals surface area contributed by atoms with E-state index in [1.807, 2.05) is 24.3 Å². The van der Waals surface area contributed by atoms with E-state index in [1.54, 1.807) is 0 Å². The molecule has 0 bridgehead atoms. The van der Waals surface area contributed by atoms with Crippen LogP contribution in [0.2, 0.25) is 0 Å². The third kappa shape index (κ3) is 5.02. The second-order valence-corrected chi connectivity index (χ2v) is 15.0. The van der Waals surface area contributed by atoms with Gasteiger partial charge in [0.05, 0.1) is 39.1 Å². The first-order chi connectivity index (χ1) is 28.8. The molecule has 4 nitrogen and oxygen atoms in total. The molecule has 9 aromatic carbocycles. The highest BCUT2D eigenvalue weighted by molar-refractivity contribution is 6.29. The summed E-state index contributed by atoms with van der Waals surface area (Å²) >= 11 is 0. The molecule has 0 N–H and O–H groups in total. The van der Waals surface area contributed by atoms with Gasteiger partial charge in [0.1, 0.15) is 0 Å². The summed E-state index contributed by atoms with van der Waals surface area (Å²) < 4.78 is 4.90. The quantitative estimate of drug-likeness (QED) is 0.176. The molecule has 0 amide bonds. The van der Waals surface area contributed by atoms with Crippen molar-refractivity contribution < 1.29 is 0 Å². The zero-order valence-corrected chi connectivity index (χ0v) is 31.4. The zero-order valence-electron chi connectivity index (χ0n) is 31.4. The number of para-hydroxylation sites is 2. The van der Waals surface area contributed by atoms with E-state index in [1.165, 1.54) is 48.7 Å². The lowest BCUT2D eigenvalue weighted by atomic mass is 10.0. The predicted molar refractivity (Wildman–Crippen MR) is 242 cm³/mol. The molecular formula is C54H34N4. The first-order valence-corrected chi connectivity index (χ1v) is 19.7. The van der Waals surface area contributed by atoms with Gasteiger partial charge in [-0.15, -0.1) is 0 Å². The summed E-state index contributed by atoms with van der Waals surface area (Å²) in [5.74, 6) is 0.703. The first kappa shape index (κ1) is 32.4. The maximum atomic E-state index is 5.26. The van der Waals surface area contributed by atoms with Crippen molar-refractivity contribution in [2.75, 3.05) is 0 Å². The van der Waals surface area contributed by atoms with Crippen molar-refractivity contribution in [2.45, 2.75) is 0 Å². The lowest BCUT2D eigenvalue weighted by molar-refractivity contribution is 1.17. The number of aromatic nitrogens is 4. The largest absolute Gasteiger partial charge is 0.309 e. The molecule has 58 heavy (non-hydrogen) atoms. The molecule has 0 spiro atoms. The Hall–Kier alpha value is -7.82. The number of nitrogens with zero attached hydrogens (tertiary/aromatic N) is 4. The van der Waals surface area contributed by atoms with Crippen molar-refractivity contribution >= 4 is 65.2 Å². The van der Waals surface area contributed by atoms with E-state index in [0.717, 1.165) is 55.9 Å². The molecule has 3 aromatic heterocycles. The second kappa shape index (κ2) is 12.9. The van der Waals surface area contributed by atoms with Crippen LogP contribution in [0.25, 0.3) is 110 Å². The van der Waals surface area contributed by atoms with Crippen LogP contribution in [0.1, 0.15) is 0 Å². The van der Waals surface area contributed by atoms with Gasteiger partial charge in [0.25, 0.3) is 0 Å². The van der Waals surface area contributed by atoms with Crippen molar-refractivity contribution in [3.05, 3.63) is 206 Å². The van der Waals surface area contributed by atoms with E-state index >= 15 is 0 Å². The molecule has 0 aliphatic rings. The Labute approximate surface area is 334 Å². The van der Waals surface area contributed by atoms with E-state index < -0.39 is 0 Å². The monoisotopic (exact) mass is 738 g/mol. The van der Waals surface area contributed by atoms with E-state index in [-0.39, 0.29) is 0 Å². The molecular weight excluding hydrogens is 705 g/mol. The number of benzene rings is 9. The fraction of sp³-hybridized carbons (Fsp3) is 0. The van der Waals surface area contributed by atoms with Crippen LogP contribution in [0.3, 0.4) is 0 Å². The number of rotatable bonds is 5. The van der Waals surface area contributed by atoms with Gasteiger partial charge >= 0.3 is 0 Å². The highest BCUT2D eigenvalue weighted by Gasteiger charge is 2.22. The summed E-state index contributed by atoms with van der Waals surface area (Å²) in [4.78, 5) is 10.3. The first-order valence-electron chi connectivity index (χ1n) is 19.7. The highest BCUT2D eigenvalue weighted by Crippen LogP contribution is 2.44. The van der Waals surface area contributed by atoms with Gasteiger partial charge in [0.15, 0.2) is 5.82 Å². The van der Waals surface area contributed by atoms with Crippen molar-refractivity contribution in [1.82, 2.24) is 19.1 Å². The second-order valence-electron chi connectivity index (χ2n) is 15.0. The Morgan fingerprint density at radius 3 is 1.55 bits per heavy atom. The van der Waals surface area contributed by atoms with Crippen molar-refractivity contribution in [1.29, 1.82) is 0 Å². The number of fused-ring (bicyclic) bond motifs is 9. The summed E-state index contributed by atoms with van der Waals surface area (Å²) in [6, 6.07) is 73.8. The molecule has 3 heterocycles. The Bertz CT molecular complexity index is 3500. The van der Waals surface area contributed by atoms with Crippen LogP contribution in [0, 0.1) is 0 Å². The summed E-state index contributed by atoms with van der Waals surface area (Å²) in [5.41, 5.74) is 11.8. The van der Waals surface area contributed by atoms with Gasteiger partial charge in [-0.2, -0.15) is 0 Å². The number of hydrogen-bond donors (Lipinski definition) is 0. The van der Waals surface area contributed by atoms with E-state index in [9.17, 15) is 0 Å². The maximum Gasteiger partial charge on any atom is 0.160 e. The van der Waals surface area contributed by atoms with Crippen LogP contribution in [-0.4, -0.2) is 19.1 Å². The zero-order chi connectivity index (χ0) is 38.2. The van der Waals surface area contributed by atoms with Gasteiger partial charge in [-0.05, 0) is 70.8 Å². The standard InChI is InChI=1S/C54H34N4/c1-3-16-36(17-4-1)45-34-46(56-54(55-45)37-18-5-2-6-19-37)40-31-39-21-9-10-22-42(39)51(33-40)58-48-26-14-12-24-44(48)53-50(58)30-29-49-52(53)43-23-11-13-25-47(43)57(49)41-28-27-35-15-7-8-20-38(35)32-41/h1-34H. The summed E-state index contributed by atoms with van der Waals surface area (Å²) in [6.45, 7) is 0. The van der Waals surface area contributed by atoms with E-state index in [2.05, 4.69) is 191 Å². The Morgan fingerprint density at radius 2 is 0.845 bits per heavy atom. The van der Waals surface area contributed by atoms with Gasteiger partial charge < -0.3 is 9.13 Å². The number of hydrogen-bond acceptors (Lipinski definition) is 2. The Morgan fingerprint density at radius 1 is 0.310 bits per heavy atom. The van der Waals surface area contributed by atoms with Gasteiger partial charge in [-0.3, -0.25) is 0 Å². The lowest BCUT2D eigenvalue weighted by Crippen LogP contribution is -1.99. The van der Waals surface area contributed by atoms with Crippen LogP contribution < -0.4 is 0 Å². The Balaban J connectivity index is 1.15. The third-order valence-corrected chi connectivity index (χ3v) is 11.7. The molecule has 0 aliphatic heterocycles. The summed E-state index contributed by atoms with van der Waals surface area (Å²) in [6.07, 6.45) is 0. The van der Waals surface area contributed by atoms with Crippen LogP contribution in [0.5, 0.6) is 0 Å². The molecule has 0 saturated heterocycles. The van der Waals surface area contributed by atoms with Gasteiger partial charge in [-0.25, -0.2) is 9.97 Å². The minimum Gasteiger partial charge on any atom is -0.309 e. The van der Waals surface area contributed by atoms with Crippen molar-refractivity contribution in [2.24, 2.45) is 0 Å². The average Bonchev–Trinajstić information content (AvgIpc) is 3.82. The SMILES string of the molecule is c1ccc(-c2cc(-c3cc(-n4c5ccccc5c5c6c7ccccc7n(-c7ccc8ccccc8c7)c6ccc54)c4ccccc4c3)nc(-c3ccccc3)n2)cc1. The third-order valence-electron chi connectivity index (χ3n) is 11.7.